The number of anilines is 2. The molecule has 0 radical (unpaired) electrons. The number of piperidine rings is 1. The van der Waals surface area contributed by atoms with E-state index in [0.717, 1.165) is 4.90 Å². The van der Waals surface area contributed by atoms with E-state index in [1.54, 1.807) is 6.07 Å². The molecule has 3 aliphatic heterocycles. The Hall–Kier alpha value is -3.99. The highest BCUT2D eigenvalue weighted by Gasteiger charge is 2.63. The Labute approximate surface area is 203 Å². The number of fused-ring (bicyclic) bond motifs is 4. The van der Waals surface area contributed by atoms with Gasteiger partial charge in [0.05, 0.1) is 16.7 Å². The molecule has 35 heavy (non-hydrogen) atoms. The summed E-state index contributed by atoms with van der Waals surface area (Å²) in [6, 6.07) is 8.57. The van der Waals surface area contributed by atoms with Gasteiger partial charge in [-0.2, -0.15) is 0 Å². The van der Waals surface area contributed by atoms with Gasteiger partial charge in [-0.25, -0.2) is 9.69 Å². The summed E-state index contributed by atoms with van der Waals surface area (Å²) in [6.45, 7) is 0.306. The summed E-state index contributed by atoms with van der Waals surface area (Å²) < 4.78 is 0. The number of nitrogens with zero attached hydrogens (tertiary/aromatic N) is 3. The van der Waals surface area contributed by atoms with E-state index in [2.05, 4.69) is 5.32 Å². The van der Waals surface area contributed by atoms with Gasteiger partial charge >= 0.3 is 6.03 Å². The molecule has 3 aliphatic rings. The minimum Gasteiger partial charge on any atom is -0.369 e. The van der Waals surface area contributed by atoms with Gasteiger partial charge < -0.3 is 10.6 Å². The number of rotatable bonds is 3. The van der Waals surface area contributed by atoms with E-state index in [9.17, 15) is 29.3 Å². The number of urea groups is 1. The second-order valence-corrected chi connectivity index (χ2v) is 9.36. The molecular weight excluding hydrogens is 478 g/mol. The molecule has 5 amide bonds. The van der Waals surface area contributed by atoms with Gasteiger partial charge in [0.1, 0.15) is 0 Å². The monoisotopic (exact) mass is 497 g/mol. The van der Waals surface area contributed by atoms with E-state index in [4.69, 9.17) is 17.3 Å². The van der Waals surface area contributed by atoms with Crippen LogP contribution in [0.2, 0.25) is 5.02 Å². The Balaban J connectivity index is 1.68. The largest absolute Gasteiger partial charge is 0.369 e. The Kier molecular flexibility index (Phi) is 5.24. The van der Waals surface area contributed by atoms with Crippen molar-refractivity contribution in [2.24, 2.45) is 17.1 Å². The summed E-state index contributed by atoms with van der Waals surface area (Å²) in [5, 5.41) is 14.1. The van der Waals surface area contributed by atoms with Crippen molar-refractivity contribution in [3.63, 3.8) is 0 Å². The van der Waals surface area contributed by atoms with E-state index in [1.165, 1.54) is 36.4 Å². The number of nitrogens with two attached hydrogens (primary N) is 1. The topological polar surface area (TPSA) is 156 Å². The number of barbiturate groups is 1. The molecule has 5 rings (SSSR count). The minimum absolute atomic E-state index is 0.119. The standard InChI is InChI=1S/C23H20ClN5O6/c24-14-1-3-15(4-2-14)28-21(32)23(20(31)26-22(28)33)11-13-9-16(29(34)35)5-6-17(13)27-8-7-12(19(25)30)10-18(23)27/h1-6,9,12,18H,7-8,10-11H2,(H2,25,30)(H,26,31,33). The predicted octanol–water partition coefficient (Wildman–Crippen LogP) is 2.14. The van der Waals surface area contributed by atoms with E-state index >= 15 is 0 Å². The molecule has 11 nitrogen and oxygen atoms in total. The third-order valence-corrected chi connectivity index (χ3v) is 7.38. The van der Waals surface area contributed by atoms with Gasteiger partial charge in [-0.15, -0.1) is 0 Å². The van der Waals surface area contributed by atoms with Gasteiger partial charge in [0.15, 0.2) is 5.41 Å². The molecular formula is C23H20ClN5O6. The number of carbonyl (C=O) groups is 4. The summed E-state index contributed by atoms with van der Waals surface area (Å²) >= 11 is 5.96. The first-order valence-electron chi connectivity index (χ1n) is 10.9. The van der Waals surface area contributed by atoms with Crippen LogP contribution in [-0.2, 0) is 20.8 Å². The van der Waals surface area contributed by atoms with Crippen LogP contribution in [0.5, 0.6) is 0 Å². The Morgan fingerprint density at radius 2 is 1.89 bits per heavy atom. The summed E-state index contributed by atoms with van der Waals surface area (Å²) in [5.74, 6) is -2.70. The van der Waals surface area contributed by atoms with E-state index < -0.39 is 46.1 Å². The van der Waals surface area contributed by atoms with Crippen LogP contribution >= 0.6 is 11.6 Å². The lowest BCUT2D eigenvalue weighted by molar-refractivity contribution is -0.384. The molecule has 0 bridgehead atoms. The number of carbonyl (C=O) groups excluding carboxylic acids is 4. The number of nitro groups is 1. The summed E-state index contributed by atoms with van der Waals surface area (Å²) in [7, 11) is 0. The van der Waals surface area contributed by atoms with Crippen LogP contribution in [0.4, 0.5) is 21.9 Å². The second kappa shape index (κ2) is 8.05. The zero-order valence-corrected chi connectivity index (χ0v) is 19.0. The maximum atomic E-state index is 14.1. The summed E-state index contributed by atoms with van der Waals surface area (Å²) in [5.41, 5.74) is 4.87. The highest BCUT2D eigenvalue weighted by atomic mass is 35.5. The quantitative estimate of drug-likeness (QED) is 0.373. The molecule has 0 aliphatic carbocycles. The fourth-order valence-electron chi connectivity index (χ4n) is 5.43. The van der Waals surface area contributed by atoms with Crippen molar-refractivity contribution in [3.8, 4) is 0 Å². The van der Waals surface area contributed by atoms with Crippen molar-refractivity contribution in [2.75, 3.05) is 16.3 Å². The normalized spacial score (nSPS) is 25.7. The Morgan fingerprint density at radius 3 is 2.54 bits per heavy atom. The van der Waals surface area contributed by atoms with Gasteiger partial charge in [-0.05, 0) is 48.7 Å². The number of primary amides is 1. The minimum atomic E-state index is -1.82. The van der Waals surface area contributed by atoms with Gasteiger partial charge in [0.25, 0.3) is 11.6 Å². The van der Waals surface area contributed by atoms with Gasteiger partial charge in [-0.1, -0.05) is 11.6 Å². The number of nitro benzene ring substituents is 1. The molecule has 0 saturated carbocycles. The van der Waals surface area contributed by atoms with Crippen molar-refractivity contribution < 1.29 is 24.1 Å². The smallest absolute Gasteiger partial charge is 0.335 e. The molecule has 2 aromatic carbocycles. The predicted molar refractivity (Wildman–Crippen MR) is 125 cm³/mol. The highest BCUT2D eigenvalue weighted by molar-refractivity contribution is 6.32. The maximum absolute atomic E-state index is 14.1. The number of halogens is 1. The maximum Gasteiger partial charge on any atom is 0.335 e. The first kappa shape index (κ1) is 22.8. The number of hydrogen-bond donors (Lipinski definition) is 2. The first-order chi connectivity index (χ1) is 16.6. The van der Waals surface area contributed by atoms with Crippen LogP contribution in [0.15, 0.2) is 42.5 Å². The molecule has 3 N–H and O–H groups in total. The summed E-state index contributed by atoms with van der Waals surface area (Å²) in [4.78, 5) is 66.1. The third-order valence-electron chi connectivity index (χ3n) is 7.12. The zero-order valence-electron chi connectivity index (χ0n) is 18.3. The first-order valence-corrected chi connectivity index (χ1v) is 11.3. The number of amides is 5. The van der Waals surface area contributed by atoms with Crippen molar-refractivity contribution in [3.05, 3.63) is 63.2 Å². The SMILES string of the molecule is NC(=O)C1CCN2c3ccc([N+](=O)[O-])cc3CC3(C(=O)NC(=O)N(c4ccc(Cl)cc4)C3=O)C2C1. The van der Waals surface area contributed by atoms with Gasteiger partial charge in [0, 0.05) is 41.7 Å². The molecule has 3 heterocycles. The van der Waals surface area contributed by atoms with Crippen LogP contribution in [0.1, 0.15) is 18.4 Å². The highest BCUT2D eigenvalue weighted by Crippen LogP contribution is 2.49. The molecule has 180 valence electrons. The molecule has 2 fully saturated rings. The average Bonchev–Trinajstić information content (AvgIpc) is 2.83. The van der Waals surface area contributed by atoms with Crippen molar-refractivity contribution in [1.29, 1.82) is 0 Å². The fraction of sp³-hybridized carbons (Fsp3) is 0.304. The zero-order chi connectivity index (χ0) is 25.1. The van der Waals surface area contributed by atoms with Crippen LogP contribution in [-0.4, -0.2) is 41.3 Å². The molecule has 0 aromatic heterocycles. The van der Waals surface area contributed by atoms with Crippen LogP contribution in [0.3, 0.4) is 0 Å². The molecule has 2 aromatic rings. The lowest BCUT2D eigenvalue weighted by Crippen LogP contribution is -2.73. The number of benzene rings is 2. The Morgan fingerprint density at radius 1 is 1.17 bits per heavy atom. The molecule has 3 atom stereocenters. The van der Waals surface area contributed by atoms with E-state index in [1.807, 2.05) is 4.90 Å². The van der Waals surface area contributed by atoms with Crippen molar-refractivity contribution in [1.82, 2.24) is 5.32 Å². The fourth-order valence-corrected chi connectivity index (χ4v) is 5.56. The van der Waals surface area contributed by atoms with Gasteiger partial charge in [0.2, 0.25) is 11.8 Å². The lowest BCUT2D eigenvalue weighted by Gasteiger charge is -2.54. The molecule has 3 unspecified atom stereocenters. The number of imide groups is 2. The molecule has 12 heteroatoms. The number of hydrogen-bond acceptors (Lipinski definition) is 7. The van der Waals surface area contributed by atoms with E-state index in [-0.39, 0.29) is 24.2 Å². The van der Waals surface area contributed by atoms with E-state index in [0.29, 0.717) is 29.2 Å². The molecule has 2 saturated heterocycles. The third kappa shape index (κ3) is 3.42. The number of non-ortho nitro benzene ring substituents is 1. The van der Waals surface area contributed by atoms with Crippen molar-refractivity contribution in [2.45, 2.75) is 25.3 Å². The van der Waals surface area contributed by atoms with Crippen LogP contribution < -0.4 is 20.9 Å². The summed E-state index contributed by atoms with van der Waals surface area (Å²) in [6.07, 6.45) is 0.334. The Bertz CT molecular complexity index is 1300. The lowest BCUT2D eigenvalue weighted by atomic mass is 9.64. The van der Waals surface area contributed by atoms with Crippen LogP contribution in [0.25, 0.3) is 0 Å². The van der Waals surface area contributed by atoms with Crippen molar-refractivity contribution >= 4 is 52.4 Å². The molecule has 1 spiro atoms. The average molecular weight is 498 g/mol. The number of nitrogens with one attached hydrogen (secondary N) is 1. The second-order valence-electron chi connectivity index (χ2n) is 8.93. The van der Waals surface area contributed by atoms with Gasteiger partial charge in [-0.3, -0.25) is 29.8 Å². The van der Waals surface area contributed by atoms with Crippen LogP contribution in [0, 0.1) is 21.4 Å².